The van der Waals surface area contributed by atoms with Crippen LogP contribution in [-0.4, -0.2) is 18.4 Å². The molecule has 29 heavy (non-hydrogen) atoms. The lowest BCUT2D eigenvalue weighted by molar-refractivity contribution is -0.121. The van der Waals surface area contributed by atoms with Crippen LogP contribution < -0.4 is 15.0 Å². The van der Waals surface area contributed by atoms with E-state index in [0.29, 0.717) is 39.3 Å². The molecule has 3 aromatic carbocycles. The summed E-state index contributed by atoms with van der Waals surface area (Å²) in [6.07, 6.45) is 0. The molecular formula is C22H16Cl2N2O3. The normalized spacial score (nSPS) is 12.9. The highest BCUT2D eigenvalue weighted by Crippen LogP contribution is 2.36. The van der Waals surface area contributed by atoms with Crippen molar-refractivity contribution in [2.24, 2.45) is 0 Å². The third-order valence-electron chi connectivity index (χ3n) is 4.55. The van der Waals surface area contributed by atoms with Crippen molar-refractivity contribution in [2.75, 3.05) is 16.8 Å². The number of carbonyl (C=O) groups excluding carboxylic acids is 2. The first-order chi connectivity index (χ1) is 14.0. The maximum absolute atomic E-state index is 12.5. The number of hydrogen-bond donors (Lipinski definition) is 1. The van der Waals surface area contributed by atoms with E-state index in [0.717, 1.165) is 5.56 Å². The van der Waals surface area contributed by atoms with Gasteiger partial charge in [0.1, 0.15) is 5.75 Å². The number of anilines is 2. The van der Waals surface area contributed by atoms with E-state index in [1.807, 2.05) is 18.2 Å². The molecule has 0 bridgehead atoms. The summed E-state index contributed by atoms with van der Waals surface area (Å²) >= 11 is 12.1. The van der Waals surface area contributed by atoms with E-state index < -0.39 is 0 Å². The van der Waals surface area contributed by atoms with Crippen molar-refractivity contribution in [2.45, 2.75) is 6.54 Å². The van der Waals surface area contributed by atoms with Crippen LogP contribution in [0.25, 0.3) is 0 Å². The van der Waals surface area contributed by atoms with Crippen molar-refractivity contribution >= 4 is 46.4 Å². The fraction of sp³-hybridized carbons (Fsp3) is 0.0909. The number of amides is 2. The Morgan fingerprint density at radius 1 is 1.03 bits per heavy atom. The first-order valence-corrected chi connectivity index (χ1v) is 9.64. The van der Waals surface area contributed by atoms with E-state index >= 15 is 0 Å². The zero-order valence-electron chi connectivity index (χ0n) is 15.2. The molecule has 2 amide bonds. The Kier molecular flexibility index (Phi) is 5.43. The molecule has 4 rings (SSSR count). The van der Waals surface area contributed by atoms with Crippen molar-refractivity contribution in [3.63, 3.8) is 0 Å². The third-order valence-corrected chi connectivity index (χ3v) is 5.17. The number of ether oxygens (including phenoxy) is 1. The van der Waals surface area contributed by atoms with Crippen LogP contribution in [0, 0.1) is 0 Å². The van der Waals surface area contributed by atoms with Crippen LogP contribution in [0.2, 0.25) is 10.0 Å². The fourth-order valence-corrected chi connectivity index (χ4v) is 3.38. The number of nitrogens with one attached hydrogen (secondary N) is 1. The summed E-state index contributed by atoms with van der Waals surface area (Å²) in [6, 6.07) is 19.1. The van der Waals surface area contributed by atoms with Crippen molar-refractivity contribution < 1.29 is 14.3 Å². The topological polar surface area (TPSA) is 58.6 Å². The highest BCUT2D eigenvalue weighted by atomic mass is 35.5. The van der Waals surface area contributed by atoms with Crippen LogP contribution in [0.15, 0.2) is 66.7 Å². The molecule has 0 radical (unpaired) electrons. The lowest BCUT2D eigenvalue weighted by Crippen LogP contribution is -2.38. The van der Waals surface area contributed by atoms with E-state index in [2.05, 4.69) is 5.32 Å². The molecule has 1 aliphatic rings. The van der Waals surface area contributed by atoms with Gasteiger partial charge in [-0.25, -0.2) is 0 Å². The highest BCUT2D eigenvalue weighted by molar-refractivity contribution is 6.31. The molecule has 1 aliphatic heterocycles. The quantitative estimate of drug-likeness (QED) is 0.625. The third kappa shape index (κ3) is 4.21. The van der Waals surface area contributed by atoms with Crippen LogP contribution in [0.3, 0.4) is 0 Å². The molecule has 7 heteroatoms. The second-order valence-corrected chi connectivity index (χ2v) is 7.35. The molecule has 0 unspecified atom stereocenters. The maximum Gasteiger partial charge on any atom is 0.265 e. The molecule has 0 atom stereocenters. The van der Waals surface area contributed by atoms with Gasteiger partial charge in [0.25, 0.3) is 11.8 Å². The molecule has 0 aromatic heterocycles. The van der Waals surface area contributed by atoms with Crippen molar-refractivity contribution in [3.8, 4) is 5.75 Å². The van der Waals surface area contributed by atoms with Crippen LogP contribution in [0.1, 0.15) is 15.9 Å². The van der Waals surface area contributed by atoms with Crippen molar-refractivity contribution in [1.29, 1.82) is 0 Å². The molecule has 0 spiro atoms. The average Bonchev–Trinajstić information content (AvgIpc) is 2.72. The minimum Gasteiger partial charge on any atom is -0.482 e. The summed E-state index contributed by atoms with van der Waals surface area (Å²) in [4.78, 5) is 26.6. The second kappa shape index (κ2) is 8.15. The Morgan fingerprint density at radius 3 is 2.55 bits per heavy atom. The fourth-order valence-electron chi connectivity index (χ4n) is 3.05. The number of carbonyl (C=O) groups is 2. The number of hydrogen-bond acceptors (Lipinski definition) is 3. The lowest BCUT2D eigenvalue weighted by atomic mass is 10.1. The van der Waals surface area contributed by atoms with Gasteiger partial charge < -0.3 is 15.0 Å². The monoisotopic (exact) mass is 426 g/mol. The van der Waals surface area contributed by atoms with Crippen LogP contribution in [-0.2, 0) is 11.3 Å². The van der Waals surface area contributed by atoms with Crippen LogP contribution in [0.5, 0.6) is 5.75 Å². The first-order valence-electron chi connectivity index (χ1n) is 8.89. The van der Waals surface area contributed by atoms with Gasteiger partial charge in [0.05, 0.1) is 12.2 Å². The number of rotatable bonds is 4. The summed E-state index contributed by atoms with van der Waals surface area (Å²) in [7, 11) is 0. The Morgan fingerprint density at radius 2 is 1.79 bits per heavy atom. The Labute approximate surface area is 177 Å². The van der Waals surface area contributed by atoms with Crippen LogP contribution in [0.4, 0.5) is 11.4 Å². The van der Waals surface area contributed by atoms with Gasteiger partial charge >= 0.3 is 0 Å². The summed E-state index contributed by atoms with van der Waals surface area (Å²) in [5.74, 6) is 0.113. The number of fused-ring (bicyclic) bond motifs is 1. The molecule has 0 saturated carbocycles. The van der Waals surface area contributed by atoms with Gasteiger partial charge in [-0.05, 0) is 54.1 Å². The molecule has 5 nitrogen and oxygen atoms in total. The van der Waals surface area contributed by atoms with Gasteiger partial charge in [0.15, 0.2) is 6.61 Å². The van der Waals surface area contributed by atoms with Crippen LogP contribution >= 0.6 is 23.2 Å². The maximum atomic E-state index is 12.5. The number of nitrogens with zero attached hydrogens (tertiary/aromatic N) is 1. The van der Waals surface area contributed by atoms with E-state index in [1.165, 1.54) is 0 Å². The smallest absolute Gasteiger partial charge is 0.265 e. The zero-order valence-corrected chi connectivity index (χ0v) is 16.7. The molecule has 0 saturated heterocycles. The second-order valence-electron chi connectivity index (χ2n) is 6.50. The standard InChI is InChI=1S/C22H16Cl2N2O3/c23-16-7-5-14(6-8-16)22(28)25-17-9-10-20-19(11-17)26(21(27)13-29-20)12-15-3-1-2-4-18(15)24/h1-11H,12-13H2,(H,25,28). The van der Waals surface area contributed by atoms with Gasteiger partial charge in [0.2, 0.25) is 0 Å². The molecule has 146 valence electrons. The van der Waals surface area contributed by atoms with Gasteiger partial charge in [-0.1, -0.05) is 41.4 Å². The highest BCUT2D eigenvalue weighted by Gasteiger charge is 2.26. The van der Waals surface area contributed by atoms with Gasteiger partial charge in [-0.15, -0.1) is 0 Å². The molecular weight excluding hydrogens is 411 g/mol. The SMILES string of the molecule is O=C(Nc1ccc2c(c1)N(Cc1ccccc1Cl)C(=O)CO2)c1ccc(Cl)cc1. The molecule has 0 aliphatic carbocycles. The lowest BCUT2D eigenvalue weighted by Gasteiger charge is -2.30. The van der Waals surface area contributed by atoms with E-state index in [-0.39, 0.29) is 18.4 Å². The van der Waals surface area contributed by atoms with Gasteiger partial charge in [-0.3, -0.25) is 9.59 Å². The van der Waals surface area contributed by atoms with Gasteiger partial charge in [0, 0.05) is 21.3 Å². The van der Waals surface area contributed by atoms with E-state index in [1.54, 1.807) is 53.4 Å². The van der Waals surface area contributed by atoms with Gasteiger partial charge in [-0.2, -0.15) is 0 Å². The molecule has 1 N–H and O–H groups in total. The van der Waals surface area contributed by atoms with Crippen molar-refractivity contribution in [3.05, 3.63) is 87.9 Å². The molecule has 3 aromatic rings. The molecule has 0 fully saturated rings. The van der Waals surface area contributed by atoms with E-state index in [4.69, 9.17) is 27.9 Å². The first kappa shape index (κ1) is 19.3. The largest absolute Gasteiger partial charge is 0.482 e. The average molecular weight is 427 g/mol. The number of benzene rings is 3. The zero-order chi connectivity index (χ0) is 20.4. The summed E-state index contributed by atoms with van der Waals surface area (Å²) in [5.41, 5.74) is 2.43. The Bertz CT molecular complexity index is 1080. The summed E-state index contributed by atoms with van der Waals surface area (Å²) in [6.45, 7) is 0.261. The number of halogens is 2. The van der Waals surface area contributed by atoms with E-state index in [9.17, 15) is 9.59 Å². The minimum atomic E-state index is -0.276. The van der Waals surface area contributed by atoms with Crippen molar-refractivity contribution in [1.82, 2.24) is 0 Å². The molecule has 1 heterocycles. The minimum absolute atomic E-state index is 0.0477. The predicted octanol–water partition coefficient (Wildman–Crippen LogP) is 5.17. The Balaban J connectivity index is 1.61. The summed E-state index contributed by atoms with van der Waals surface area (Å²) in [5, 5.41) is 3.98. The predicted molar refractivity (Wildman–Crippen MR) is 114 cm³/mol. The summed E-state index contributed by atoms with van der Waals surface area (Å²) < 4.78 is 5.54. The Hall–Kier alpha value is -3.02.